The van der Waals surface area contributed by atoms with Gasteiger partial charge in [-0.05, 0) is 30.5 Å². The van der Waals surface area contributed by atoms with Gasteiger partial charge in [-0.25, -0.2) is 10.2 Å². The predicted octanol–water partition coefficient (Wildman–Crippen LogP) is 3.16. The van der Waals surface area contributed by atoms with Crippen LogP contribution in [0.4, 0.5) is 10.5 Å². The molecule has 1 aliphatic rings. The van der Waals surface area contributed by atoms with Gasteiger partial charge in [0.1, 0.15) is 0 Å². The molecule has 1 aliphatic carbocycles. The van der Waals surface area contributed by atoms with E-state index in [4.69, 9.17) is 0 Å². The van der Waals surface area contributed by atoms with E-state index in [1.165, 1.54) is 5.56 Å². The fourth-order valence-corrected chi connectivity index (χ4v) is 2.32. The van der Waals surface area contributed by atoms with Crippen LogP contribution in [0, 0.1) is 0 Å². The van der Waals surface area contributed by atoms with Gasteiger partial charge in [0.25, 0.3) is 0 Å². The highest BCUT2D eigenvalue weighted by molar-refractivity contribution is 6.05. The minimum absolute atomic E-state index is 0.326. The van der Waals surface area contributed by atoms with E-state index in [2.05, 4.69) is 21.9 Å². The van der Waals surface area contributed by atoms with Gasteiger partial charge >= 0.3 is 6.03 Å². The van der Waals surface area contributed by atoms with Crippen molar-refractivity contribution in [3.63, 3.8) is 0 Å². The van der Waals surface area contributed by atoms with Gasteiger partial charge in [-0.3, -0.25) is 0 Å². The van der Waals surface area contributed by atoms with Crippen molar-refractivity contribution in [3.8, 4) is 0 Å². The number of anilines is 1. The molecule has 3 rings (SSSR count). The zero-order valence-electron chi connectivity index (χ0n) is 11.0. The van der Waals surface area contributed by atoms with E-state index in [0.717, 1.165) is 29.8 Å². The monoisotopic (exact) mass is 265 g/mol. The van der Waals surface area contributed by atoms with E-state index >= 15 is 0 Å². The quantitative estimate of drug-likeness (QED) is 0.805. The number of urea groups is 1. The molecule has 0 aliphatic heterocycles. The van der Waals surface area contributed by atoms with Gasteiger partial charge in [0.05, 0.1) is 5.71 Å². The summed E-state index contributed by atoms with van der Waals surface area (Å²) in [6.07, 6.45) is 1.85. The molecule has 20 heavy (non-hydrogen) atoms. The number of benzene rings is 2. The summed E-state index contributed by atoms with van der Waals surface area (Å²) in [6.45, 7) is 0. The first-order valence-corrected chi connectivity index (χ1v) is 6.60. The van der Waals surface area contributed by atoms with E-state index in [9.17, 15) is 4.79 Å². The number of rotatable bonds is 2. The number of carbonyl (C=O) groups excluding carboxylic acids is 1. The molecule has 4 nitrogen and oxygen atoms in total. The van der Waals surface area contributed by atoms with Crippen molar-refractivity contribution in [3.05, 3.63) is 65.7 Å². The lowest BCUT2D eigenvalue weighted by Crippen LogP contribution is -2.25. The average Bonchev–Trinajstić information content (AvgIpc) is 2.89. The number of carbonyl (C=O) groups is 1. The predicted molar refractivity (Wildman–Crippen MR) is 79.9 cm³/mol. The molecule has 0 saturated carbocycles. The maximum absolute atomic E-state index is 11.8. The largest absolute Gasteiger partial charge is 0.339 e. The van der Waals surface area contributed by atoms with Gasteiger partial charge in [0, 0.05) is 11.3 Å². The topological polar surface area (TPSA) is 53.5 Å². The van der Waals surface area contributed by atoms with Crippen molar-refractivity contribution in [2.75, 3.05) is 5.32 Å². The molecular weight excluding hydrogens is 250 g/mol. The minimum atomic E-state index is -0.326. The molecule has 0 unspecified atom stereocenters. The van der Waals surface area contributed by atoms with Crippen LogP contribution in [0.5, 0.6) is 0 Å². The second kappa shape index (κ2) is 5.57. The van der Waals surface area contributed by atoms with Gasteiger partial charge < -0.3 is 5.32 Å². The summed E-state index contributed by atoms with van der Waals surface area (Å²) in [5, 5.41) is 6.95. The molecule has 2 aromatic rings. The molecule has 2 amide bonds. The Balaban J connectivity index is 1.65. The van der Waals surface area contributed by atoms with Crippen molar-refractivity contribution in [1.82, 2.24) is 5.43 Å². The first-order valence-electron chi connectivity index (χ1n) is 6.60. The molecule has 0 spiro atoms. The van der Waals surface area contributed by atoms with Crippen molar-refractivity contribution >= 4 is 17.4 Å². The highest BCUT2D eigenvalue weighted by atomic mass is 16.2. The molecule has 2 N–H and O–H groups in total. The summed E-state index contributed by atoms with van der Waals surface area (Å²) < 4.78 is 0. The van der Waals surface area contributed by atoms with Crippen molar-refractivity contribution < 1.29 is 4.79 Å². The Morgan fingerprint density at radius 1 is 0.950 bits per heavy atom. The highest BCUT2D eigenvalue weighted by Crippen LogP contribution is 2.21. The van der Waals surface area contributed by atoms with Crippen LogP contribution in [0.2, 0.25) is 0 Å². The van der Waals surface area contributed by atoms with Crippen LogP contribution >= 0.6 is 0 Å². The number of para-hydroxylation sites is 1. The van der Waals surface area contributed by atoms with E-state index in [1.54, 1.807) is 0 Å². The zero-order valence-corrected chi connectivity index (χ0v) is 11.0. The number of hydrazone groups is 1. The van der Waals surface area contributed by atoms with Crippen LogP contribution in [-0.4, -0.2) is 11.7 Å². The van der Waals surface area contributed by atoms with Gasteiger partial charge in [-0.1, -0.05) is 42.5 Å². The molecular formula is C16H15N3O. The maximum atomic E-state index is 11.8. The van der Waals surface area contributed by atoms with Gasteiger partial charge in [0.2, 0.25) is 0 Å². The molecule has 0 atom stereocenters. The summed E-state index contributed by atoms with van der Waals surface area (Å²) >= 11 is 0. The lowest BCUT2D eigenvalue weighted by atomic mass is 10.1. The second-order valence-electron chi connectivity index (χ2n) is 4.65. The number of fused-ring (bicyclic) bond motifs is 1. The molecule has 2 aromatic carbocycles. The molecule has 0 heterocycles. The lowest BCUT2D eigenvalue weighted by molar-refractivity contribution is 0.252. The highest BCUT2D eigenvalue weighted by Gasteiger charge is 2.16. The first kappa shape index (κ1) is 12.4. The normalized spacial score (nSPS) is 14.9. The van der Waals surface area contributed by atoms with E-state index in [-0.39, 0.29) is 6.03 Å². The van der Waals surface area contributed by atoms with Crippen LogP contribution in [-0.2, 0) is 6.42 Å². The van der Waals surface area contributed by atoms with E-state index in [1.807, 2.05) is 48.5 Å². The summed E-state index contributed by atoms with van der Waals surface area (Å²) in [6, 6.07) is 17.1. The molecule has 0 radical (unpaired) electrons. The third kappa shape index (κ3) is 2.69. The molecule has 0 fully saturated rings. The molecule has 0 aromatic heterocycles. The number of hydrogen-bond donors (Lipinski definition) is 2. The Bertz CT molecular complexity index is 650. The molecule has 0 bridgehead atoms. The SMILES string of the molecule is O=C(N/N=C1/CCc2ccccc21)Nc1ccccc1. The van der Waals surface area contributed by atoms with Crippen molar-refractivity contribution in [2.24, 2.45) is 5.10 Å². The van der Waals surface area contributed by atoms with Crippen LogP contribution < -0.4 is 10.7 Å². The third-order valence-electron chi connectivity index (χ3n) is 3.28. The standard InChI is InChI=1S/C16H15N3O/c20-16(17-13-7-2-1-3-8-13)19-18-15-11-10-12-6-4-5-9-14(12)15/h1-9H,10-11H2,(H2,17,19,20)/b18-15-. The van der Waals surface area contributed by atoms with Crippen LogP contribution in [0.25, 0.3) is 0 Å². The van der Waals surface area contributed by atoms with Crippen LogP contribution in [0.15, 0.2) is 59.7 Å². The van der Waals surface area contributed by atoms with Crippen molar-refractivity contribution in [1.29, 1.82) is 0 Å². The summed E-state index contributed by atoms with van der Waals surface area (Å²) in [5.41, 5.74) is 6.65. The summed E-state index contributed by atoms with van der Waals surface area (Å²) in [7, 11) is 0. The number of hydrogen-bond acceptors (Lipinski definition) is 2. The Hall–Kier alpha value is -2.62. The Morgan fingerprint density at radius 2 is 1.70 bits per heavy atom. The second-order valence-corrected chi connectivity index (χ2v) is 4.65. The summed E-state index contributed by atoms with van der Waals surface area (Å²) in [5.74, 6) is 0. The Morgan fingerprint density at radius 3 is 2.55 bits per heavy atom. The van der Waals surface area contributed by atoms with Crippen LogP contribution in [0.3, 0.4) is 0 Å². The molecule has 4 heteroatoms. The molecule has 0 saturated heterocycles. The smallest absolute Gasteiger partial charge is 0.307 e. The Labute approximate surface area is 117 Å². The minimum Gasteiger partial charge on any atom is -0.307 e. The summed E-state index contributed by atoms with van der Waals surface area (Å²) in [4.78, 5) is 11.8. The fourth-order valence-electron chi connectivity index (χ4n) is 2.32. The van der Waals surface area contributed by atoms with Gasteiger partial charge in [-0.2, -0.15) is 5.10 Å². The van der Waals surface area contributed by atoms with Crippen molar-refractivity contribution in [2.45, 2.75) is 12.8 Å². The van der Waals surface area contributed by atoms with E-state index in [0.29, 0.717) is 0 Å². The maximum Gasteiger partial charge on any atom is 0.339 e. The first-order chi connectivity index (χ1) is 9.83. The van der Waals surface area contributed by atoms with Gasteiger partial charge in [-0.15, -0.1) is 0 Å². The van der Waals surface area contributed by atoms with Crippen LogP contribution in [0.1, 0.15) is 17.5 Å². The zero-order chi connectivity index (χ0) is 13.8. The number of aryl methyl sites for hydroxylation is 1. The third-order valence-corrected chi connectivity index (χ3v) is 3.28. The van der Waals surface area contributed by atoms with Gasteiger partial charge in [0.15, 0.2) is 0 Å². The number of nitrogens with one attached hydrogen (secondary N) is 2. The van der Waals surface area contributed by atoms with E-state index < -0.39 is 0 Å². The number of amides is 2. The number of nitrogens with zero attached hydrogens (tertiary/aromatic N) is 1. The molecule has 100 valence electrons. The average molecular weight is 265 g/mol. The Kier molecular flexibility index (Phi) is 3.46. The lowest BCUT2D eigenvalue weighted by Gasteiger charge is -2.05. The fraction of sp³-hybridized carbons (Fsp3) is 0.125.